The third-order valence-electron chi connectivity index (χ3n) is 1.71. The predicted octanol–water partition coefficient (Wildman–Crippen LogP) is 1.75. The Morgan fingerprint density at radius 3 is 2.54 bits per heavy atom. The van der Waals surface area contributed by atoms with Gasteiger partial charge in [-0.2, -0.15) is 4.98 Å². The molecule has 1 aromatic carbocycles. The van der Waals surface area contributed by atoms with E-state index < -0.39 is 0 Å². The number of aromatic nitrogens is 2. The number of nitrogens with zero attached hydrogens (tertiary/aromatic N) is 2. The van der Waals surface area contributed by atoms with Crippen molar-refractivity contribution in [1.82, 2.24) is 10.1 Å². The van der Waals surface area contributed by atoms with Crippen LogP contribution in [-0.4, -0.2) is 17.3 Å². The third kappa shape index (κ3) is 1.51. The van der Waals surface area contributed by atoms with Crippen molar-refractivity contribution in [3.63, 3.8) is 0 Å². The van der Waals surface area contributed by atoms with Gasteiger partial charge < -0.3 is 9.26 Å². The van der Waals surface area contributed by atoms with Crippen molar-refractivity contribution < 1.29 is 9.26 Å². The fraction of sp³-hybridized carbons (Fsp3) is 0.111. The number of methoxy groups -OCH3 is 1. The number of rotatable bonds is 2. The smallest absolute Gasteiger partial charge is 0.214 e. The maximum absolute atomic E-state index is 5.02. The van der Waals surface area contributed by atoms with Crippen LogP contribution < -0.4 is 4.74 Å². The van der Waals surface area contributed by atoms with Crippen LogP contribution in [0.25, 0.3) is 11.4 Å². The molecule has 0 aliphatic carbocycles. The van der Waals surface area contributed by atoms with Crippen molar-refractivity contribution >= 4 is 0 Å². The van der Waals surface area contributed by atoms with Gasteiger partial charge in [-0.1, -0.05) is 5.16 Å². The van der Waals surface area contributed by atoms with Crippen molar-refractivity contribution in [2.75, 3.05) is 7.11 Å². The van der Waals surface area contributed by atoms with E-state index in [-0.39, 0.29) is 0 Å². The molecule has 0 aliphatic rings. The Hall–Kier alpha value is -1.84. The topological polar surface area (TPSA) is 48.2 Å². The number of ether oxygens (including phenoxy) is 1. The minimum atomic E-state index is 0.586. The number of hydrogen-bond donors (Lipinski definition) is 0. The Balaban J connectivity index is 2.33. The number of benzene rings is 1. The van der Waals surface area contributed by atoms with Crippen LogP contribution in [0.15, 0.2) is 35.2 Å². The summed E-state index contributed by atoms with van der Waals surface area (Å²) in [6, 6.07) is 7.46. The van der Waals surface area contributed by atoms with Crippen LogP contribution in [0, 0.1) is 0 Å². The Bertz CT molecular complexity index is 367. The summed E-state index contributed by atoms with van der Waals surface area (Å²) in [5, 5.41) is 3.72. The molecule has 2 aromatic rings. The van der Waals surface area contributed by atoms with Gasteiger partial charge in [0, 0.05) is 5.56 Å². The highest BCUT2D eigenvalue weighted by atomic mass is 16.5. The largest absolute Gasteiger partial charge is 0.497 e. The fourth-order valence-electron chi connectivity index (χ4n) is 1.04. The highest BCUT2D eigenvalue weighted by Crippen LogP contribution is 2.18. The molecule has 1 heterocycles. The van der Waals surface area contributed by atoms with Crippen molar-refractivity contribution in [2.24, 2.45) is 0 Å². The molecule has 4 heteroatoms. The molecule has 0 fully saturated rings. The maximum Gasteiger partial charge on any atom is 0.214 e. The van der Waals surface area contributed by atoms with E-state index in [2.05, 4.69) is 14.7 Å². The van der Waals surface area contributed by atoms with Gasteiger partial charge in [0.25, 0.3) is 0 Å². The highest BCUT2D eigenvalue weighted by Gasteiger charge is 2.01. The molecule has 66 valence electrons. The molecule has 2 rings (SSSR count). The van der Waals surface area contributed by atoms with E-state index in [1.54, 1.807) is 7.11 Å². The molecule has 13 heavy (non-hydrogen) atoms. The lowest BCUT2D eigenvalue weighted by Gasteiger charge is -1.98. The van der Waals surface area contributed by atoms with E-state index in [1.165, 1.54) is 6.39 Å². The van der Waals surface area contributed by atoms with Crippen molar-refractivity contribution in [1.29, 1.82) is 0 Å². The summed E-state index contributed by atoms with van der Waals surface area (Å²) >= 11 is 0. The molecule has 0 radical (unpaired) electrons. The molecule has 0 amide bonds. The summed E-state index contributed by atoms with van der Waals surface area (Å²) in [7, 11) is 1.63. The first-order chi connectivity index (χ1) is 6.40. The third-order valence-corrected chi connectivity index (χ3v) is 1.71. The minimum Gasteiger partial charge on any atom is -0.497 e. The van der Waals surface area contributed by atoms with Gasteiger partial charge in [0.1, 0.15) is 5.75 Å². The Morgan fingerprint density at radius 1 is 1.23 bits per heavy atom. The Morgan fingerprint density at radius 2 is 2.00 bits per heavy atom. The van der Waals surface area contributed by atoms with Crippen molar-refractivity contribution in [3.05, 3.63) is 30.7 Å². The molecule has 0 N–H and O–H groups in total. The van der Waals surface area contributed by atoms with Gasteiger partial charge >= 0.3 is 0 Å². The molecule has 0 aliphatic heterocycles. The molecule has 0 spiro atoms. The van der Waals surface area contributed by atoms with Gasteiger partial charge in [-0.25, -0.2) is 0 Å². The molecule has 1 aromatic heterocycles. The lowest BCUT2D eigenvalue weighted by molar-refractivity contribution is 0.414. The van der Waals surface area contributed by atoms with E-state index >= 15 is 0 Å². The van der Waals surface area contributed by atoms with Crippen LogP contribution in [0.5, 0.6) is 5.75 Å². The maximum atomic E-state index is 5.02. The zero-order valence-electron chi connectivity index (χ0n) is 7.10. The SMILES string of the molecule is COc1ccc(-c2ncon2)cc1. The van der Waals surface area contributed by atoms with Crippen molar-refractivity contribution in [2.45, 2.75) is 0 Å². The van der Waals surface area contributed by atoms with Crippen LogP contribution in [0.3, 0.4) is 0 Å². The van der Waals surface area contributed by atoms with Gasteiger partial charge in [-0.3, -0.25) is 0 Å². The van der Waals surface area contributed by atoms with Gasteiger partial charge in [0.2, 0.25) is 12.2 Å². The molecular formula is C9H8N2O2. The van der Waals surface area contributed by atoms with E-state index in [1.807, 2.05) is 24.3 Å². The second kappa shape index (κ2) is 3.26. The summed E-state index contributed by atoms with van der Waals surface area (Å²) < 4.78 is 9.66. The Labute approximate surface area is 75.2 Å². The average molecular weight is 176 g/mol. The van der Waals surface area contributed by atoms with E-state index in [4.69, 9.17) is 4.74 Å². The standard InChI is InChI=1S/C9H8N2O2/c1-12-8-4-2-7(3-5-8)9-10-6-13-11-9/h2-6H,1H3. The molecule has 0 bridgehead atoms. The molecule has 4 nitrogen and oxygen atoms in total. The van der Waals surface area contributed by atoms with E-state index in [9.17, 15) is 0 Å². The molecule has 0 atom stereocenters. The van der Waals surface area contributed by atoms with Crippen LogP contribution in [-0.2, 0) is 0 Å². The zero-order valence-corrected chi connectivity index (χ0v) is 7.10. The molecule has 0 saturated heterocycles. The summed E-state index contributed by atoms with van der Waals surface area (Å²) in [6.45, 7) is 0. The van der Waals surface area contributed by atoms with Gasteiger partial charge in [0.15, 0.2) is 0 Å². The van der Waals surface area contributed by atoms with Crippen molar-refractivity contribution in [3.8, 4) is 17.1 Å². The van der Waals surface area contributed by atoms with E-state index in [0.717, 1.165) is 11.3 Å². The van der Waals surface area contributed by atoms with Gasteiger partial charge in [0.05, 0.1) is 7.11 Å². The normalized spacial score (nSPS) is 9.92. The van der Waals surface area contributed by atoms with Crippen LogP contribution in [0.2, 0.25) is 0 Å². The second-order valence-electron chi connectivity index (χ2n) is 2.48. The molecule has 0 unspecified atom stereocenters. The lowest BCUT2D eigenvalue weighted by Crippen LogP contribution is -1.83. The van der Waals surface area contributed by atoms with Gasteiger partial charge in [-0.05, 0) is 24.3 Å². The summed E-state index contributed by atoms with van der Waals surface area (Å²) in [6.07, 6.45) is 1.31. The Kier molecular flexibility index (Phi) is 1.96. The summed E-state index contributed by atoms with van der Waals surface area (Å²) in [5.41, 5.74) is 0.912. The molecular weight excluding hydrogens is 168 g/mol. The quantitative estimate of drug-likeness (QED) is 0.699. The number of hydrogen-bond acceptors (Lipinski definition) is 4. The zero-order chi connectivity index (χ0) is 9.10. The monoisotopic (exact) mass is 176 g/mol. The second-order valence-corrected chi connectivity index (χ2v) is 2.48. The first-order valence-corrected chi connectivity index (χ1v) is 3.81. The minimum absolute atomic E-state index is 0.586. The first-order valence-electron chi connectivity index (χ1n) is 3.81. The van der Waals surface area contributed by atoms with Crippen LogP contribution >= 0.6 is 0 Å². The lowest BCUT2D eigenvalue weighted by atomic mass is 10.2. The predicted molar refractivity (Wildman–Crippen MR) is 46.3 cm³/mol. The molecule has 0 saturated carbocycles. The summed E-state index contributed by atoms with van der Waals surface area (Å²) in [4.78, 5) is 3.92. The fourth-order valence-corrected chi connectivity index (χ4v) is 1.04. The van der Waals surface area contributed by atoms with Gasteiger partial charge in [-0.15, -0.1) is 0 Å². The van der Waals surface area contributed by atoms with Crippen LogP contribution in [0.1, 0.15) is 0 Å². The summed E-state index contributed by atoms with van der Waals surface area (Å²) in [5.74, 6) is 1.40. The van der Waals surface area contributed by atoms with Crippen LogP contribution in [0.4, 0.5) is 0 Å². The highest BCUT2D eigenvalue weighted by molar-refractivity contribution is 5.55. The first kappa shape index (κ1) is 7.79. The van der Waals surface area contributed by atoms with E-state index in [0.29, 0.717) is 5.82 Å². The average Bonchev–Trinajstić information content (AvgIpc) is 2.71.